The van der Waals surface area contributed by atoms with Crippen LogP contribution in [-0.2, 0) is 9.47 Å². The quantitative estimate of drug-likeness (QED) is 0.0918. The van der Waals surface area contributed by atoms with E-state index >= 15 is 0 Å². The predicted octanol–water partition coefficient (Wildman–Crippen LogP) is 6.99. The standard InChI is InChI=1S/C32H53IO6S2/c1-4-26(34)20-6-10-22(11-7-20)31(36)38-25-14-15-28(29(17-25)41-19(3)24-16-30(33)40-18-24)39-32(37)23-12-8-21(9-13-23)27(35)5-2/h14-15,19-24,26-27,29-32,34-37H,4-13,16-18H2,1-3H3. The normalized spacial score (nSPS) is 36.4. The average molecular weight is 725 g/mol. The van der Waals surface area contributed by atoms with E-state index in [1.54, 1.807) is 0 Å². The fraction of sp³-hybridized carbons (Fsp3) is 0.875. The third-order valence-electron chi connectivity index (χ3n) is 10.1. The predicted molar refractivity (Wildman–Crippen MR) is 178 cm³/mol. The lowest BCUT2D eigenvalue weighted by molar-refractivity contribution is -0.126. The second-order valence-electron chi connectivity index (χ2n) is 12.8. The van der Waals surface area contributed by atoms with Gasteiger partial charge in [0.15, 0.2) is 12.6 Å². The largest absolute Gasteiger partial charge is 0.469 e. The van der Waals surface area contributed by atoms with Crippen LogP contribution in [0.15, 0.2) is 23.7 Å². The number of hydrogen-bond acceptors (Lipinski definition) is 8. The Kier molecular flexibility index (Phi) is 13.9. The molecule has 0 amide bonds. The number of thioether (sulfide) groups is 2. The van der Waals surface area contributed by atoms with Crippen LogP contribution < -0.4 is 0 Å². The van der Waals surface area contributed by atoms with Gasteiger partial charge in [0, 0.05) is 23.5 Å². The molecule has 236 valence electrons. The summed E-state index contributed by atoms with van der Waals surface area (Å²) in [5.41, 5.74) is 0. The Morgan fingerprint density at radius 2 is 1.32 bits per heavy atom. The molecule has 4 N–H and O–H groups in total. The van der Waals surface area contributed by atoms with Crippen LogP contribution in [-0.4, -0.2) is 64.7 Å². The third-order valence-corrected chi connectivity index (χ3v) is 14.4. The number of aliphatic hydroxyl groups excluding tert-OH is 4. The summed E-state index contributed by atoms with van der Waals surface area (Å²) in [6.07, 6.45) is 12.3. The number of ether oxygens (including phenoxy) is 2. The van der Waals surface area contributed by atoms with Gasteiger partial charge in [-0.25, -0.2) is 0 Å². The zero-order valence-corrected chi connectivity index (χ0v) is 28.9. The van der Waals surface area contributed by atoms with Gasteiger partial charge in [0.05, 0.1) is 20.7 Å². The molecule has 41 heavy (non-hydrogen) atoms. The van der Waals surface area contributed by atoms with Gasteiger partial charge < -0.3 is 29.9 Å². The maximum Gasteiger partial charge on any atom is 0.199 e. The van der Waals surface area contributed by atoms with E-state index in [1.165, 1.54) is 12.2 Å². The lowest BCUT2D eigenvalue weighted by Gasteiger charge is -2.36. The molecule has 9 heteroatoms. The van der Waals surface area contributed by atoms with E-state index in [2.05, 4.69) is 29.5 Å². The molecular formula is C32H53IO6S2. The van der Waals surface area contributed by atoms with E-state index in [1.807, 2.05) is 49.5 Å². The molecule has 0 spiro atoms. The molecule has 3 aliphatic carbocycles. The van der Waals surface area contributed by atoms with E-state index in [4.69, 9.17) is 9.47 Å². The summed E-state index contributed by atoms with van der Waals surface area (Å²) in [6.45, 7) is 6.37. The molecular weight excluding hydrogens is 671 g/mol. The van der Waals surface area contributed by atoms with Gasteiger partial charge in [-0.1, -0.05) is 43.4 Å². The zero-order valence-electron chi connectivity index (χ0n) is 25.1. The van der Waals surface area contributed by atoms with Crippen molar-refractivity contribution in [2.45, 2.75) is 136 Å². The fourth-order valence-corrected chi connectivity index (χ4v) is 11.2. The first kappa shape index (κ1) is 34.2. The van der Waals surface area contributed by atoms with Gasteiger partial charge in [0.2, 0.25) is 0 Å². The van der Waals surface area contributed by atoms with E-state index in [0.29, 0.717) is 32.7 Å². The molecule has 1 saturated heterocycles. The van der Waals surface area contributed by atoms with Crippen molar-refractivity contribution >= 4 is 46.1 Å². The van der Waals surface area contributed by atoms with Crippen molar-refractivity contribution in [2.75, 3.05) is 5.75 Å². The first-order chi connectivity index (χ1) is 19.7. The molecule has 0 aromatic carbocycles. The van der Waals surface area contributed by atoms with Crippen LogP contribution in [0.25, 0.3) is 0 Å². The molecule has 8 unspecified atom stereocenters. The lowest BCUT2D eigenvalue weighted by Crippen LogP contribution is -2.34. The molecule has 2 saturated carbocycles. The summed E-state index contributed by atoms with van der Waals surface area (Å²) < 4.78 is 13.1. The van der Waals surface area contributed by atoms with E-state index in [9.17, 15) is 20.4 Å². The summed E-state index contributed by atoms with van der Waals surface area (Å²) in [5, 5.41) is 43.1. The van der Waals surface area contributed by atoms with Gasteiger partial charge in [-0.05, 0) is 106 Å². The van der Waals surface area contributed by atoms with E-state index < -0.39 is 12.6 Å². The summed E-state index contributed by atoms with van der Waals surface area (Å²) in [6, 6.07) is 0. The number of aliphatic hydroxyl groups is 4. The van der Waals surface area contributed by atoms with Crippen LogP contribution in [0.5, 0.6) is 0 Å². The molecule has 1 aliphatic heterocycles. The molecule has 6 nitrogen and oxygen atoms in total. The zero-order chi connectivity index (χ0) is 29.5. The highest BCUT2D eigenvalue weighted by molar-refractivity contribution is 14.1. The van der Waals surface area contributed by atoms with Crippen LogP contribution in [0.3, 0.4) is 0 Å². The fourth-order valence-electron chi connectivity index (χ4n) is 7.03. The average Bonchev–Trinajstić information content (AvgIpc) is 3.44. The van der Waals surface area contributed by atoms with Crippen molar-refractivity contribution < 1.29 is 29.9 Å². The van der Waals surface area contributed by atoms with Crippen LogP contribution >= 0.6 is 46.1 Å². The van der Waals surface area contributed by atoms with Gasteiger partial charge in [-0.3, -0.25) is 0 Å². The van der Waals surface area contributed by atoms with Crippen LogP contribution in [0, 0.1) is 29.6 Å². The number of halogens is 1. The Labute approximate surface area is 270 Å². The van der Waals surface area contributed by atoms with Crippen molar-refractivity contribution in [3.63, 3.8) is 0 Å². The minimum Gasteiger partial charge on any atom is -0.469 e. The second-order valence-corrected chi connectivity index (χ2v) is 18.0. The number of allylic oxidation sites excluding steroid dienone is 3. The molecule has 0 bridgehead atoms. The summed E-state index contributed by atoms with van der Waals surface area (Å²) in [7, 11) is 0. The smallest absolute Gasteiger partial charge is 0.199 e. The van der Waals surface area contributed by atoms with E-state index in [-0.39, 0.29) is 29.3 Å². The Morgan fingerprint density at radius 3 is 1.80 bits per heavy atom. The number of rotatable bonds is 13. The highest BCUT2D eigenvalue weighted by Crippen LogP contribution is 2.45. The molecule has 0 aromatic rings. The molecule has 0 radical (unpaired) electrons. The Balaban J connectivity index is 1.37. The van der Waals surface area contributed by atoms with Crippen LogP contribution in [0.4, 0.5) is 0 Å². The van der Waals surface area contributed by atoms with Crippen molar-refractivity contribution in [1.29, 1.82) is 0 Å². The van der Waals surface area contributed by atoms with Crippen molar-refractivity contribution in [3.05, 3.63) is 23.7 Å². The SMILES string of the molecule is CCC(O)C1CCC(C(O)OC2=CC=C(OC(O)C3CCC(C(O)CC)CC3)C(SC(C)C3CSC(I)C3)C2)CC1. The van der Waals surface area contributed by atoms with Gasteiger partial charge in [0.1, 0.15) is 11.5 Å². The minimum absolute atomic E-state index is 0.0267. The van der Waals surface area contributed by atoms with Gasteiger partial charge in [-0.15, -0.1) is 23.5 Å². The van der Waals surface area contributed by atoms with Gasteiger partial charge in [-0.2, -0.15) is 0 Å². The topological polar surface area (TPSA) is 99.4 Å². The Bertz CT molecular complexity index is 857. The van der Waals surface area contributed by atoms with Crippen molar-refractivity contribution in [3.8, 4) is 0 Å². The molecule has 0 aromatic heterocycles. The Hall–Kier alpha value is 0.350. The van der Waals surface area contributed by atoms with Crippen LogP contribution in [0.1, 0.15) is 97.8 Å². The summed E-state index contributed by atoms with van der Waals surface area (Å²) in [4.78, 5) is 0. The minimum atomic E-state index is -0.852. The van der Waals surface area contributed by atoms with Crippen molar-refractivity contribution in [2.24, 2.45) is 29.6 Å². The molecule has 1 heterocycles. The number of alkyl halides is 1. The lowest BCUT2D eigenvalue weighted by atomic mass is 9.78. The second kappa shape index (κ2) is 16.6. The first-order valence-electron chi connectivity index (χ1n) is 16.1. The summed E-state index contributed by atoms with van der Waals surface area (Å²) >= 11 is 6.50. The molecule has 4 rings (SSSR count). The van der Waals surface area contributed by atoms with Crippen LogP contribution in [0.2, 0.25) is 0 Å². The molecule has 8 atom stereocenters. The highest BCUT2D eigenvalue weighted by atomic mass is 127. The molecule has 4 aliphatic rings. The van der Waals surface area contributed by atoms with E-state index in [0.717, 1.165) is 75.7 Å². The van der Waals surface area contributed by atoms with Gasteiger partial charge >= 0.3 is 0 Å². The first-order valence-corrected chi connectivity index (χ1v) is 19.3. The molecule has 3 fully saturated rings. The summed E-state index contributed by atoms with van der Waals surface area (Å²) in [5.74, 6) is 4.23. The Morgan fingerprint density at radius 1 is 0.805 bits per heavy atom. The van der Waals surface area contributed by atoms with Gasteiger partial charge in [0.25, 0.3) is 0 Å². The monoisotopic (exact) mass is 724 g/mol. The highest BCUT2D eigenvalue weighted by Gasteiger charge is 2.36. The maximum atomic E-state index is 11.1. The van der Waals surface area contributed by atoms with Crippen molar-refractivity contribution in [1.82, 2.24) is 0 Å². The number of hydrogen-bond donors (Lipinski definition) is 4. The third kappa shape index (κ3) is 9.67. The maximum absolute atomic E-state index is 11.1.